The number of ketones is 1. The number of nitriles is 1. The Hall–Kier alpha value is -3.13. The first kappa shape index (κ1) is 15.4. The van der Waals surface area contributed by atoms with Crippen LogP contribution in [-0.4, -0.2) is 15.4 Å². The van der Waals surface area contributed by atoms with Crippen molar-refractivity contribution in [2.45, 2.75) is 26.7 Å². The lowest BCUT2D eigenvalue weighted by Crippen LogP contribution is -2.26. The third kappa shape index (κ3) is 2.30. The van der Waals surface area contributed by atoms with Crippen LogP contribution >= 0.6 is 0 Å². The van der Waals surface area contributed by atoms with Crippen molar-refractivity contribution in [1.29, 1.82) is 5.26 Å². The van der Waals surface area contributed by atoms with E-state index in [1.165, 1.54) is 0 Å². The molecule has 3 aromatic rings. The molecule has 2 aromatic heterocycles. The predicted molar refractivity (Wildman–Crippen MR) is 96.2 cm³/mol. The lowest BCUT2D eigenvalue weighted by molar-refractivity contribution is 0.0913. The molecule has 2 N–H and O–H groups in total. The summed E-state index contributed by atoms with van der Waals surface area (Å²) in [6.07, 6.45) is 1.21. The standard InChI is InChI=1S/C20H18N4O/c1-20(2)9-15-18(17(25)10-20)16-8-13(12-6-4-3-5-7-12)14(11-21)19(22)24(16)23-15/h3-8H,9-10,22H2,1-2H3. The van der Waals surface area contributed by atoms with Crippen molar-refractivity contribution in [3.8, 4) is 17.2 Å². The van der Waals surface area contributed by atoms with Gasteiger partial charge in [0.05, 0.1) is 16.8 Å². The van der Waals surface area contributed by atoms with E-state index in [0.717, 1.165) is 23.2 Å². The SMILES string of the molecule is CC1(C)CC(=O)c2c(nn3c(N)c(C#N)c(-c4ccccc4)cc23)C1. The van der Waals surface area contributed by atoms with Crippen molar-refractivity contribution in [2.24, 2.45) is 5.41 Å². The third-order valence-electron chi connectivity index (χ3n) is 4.79. The average molecular weight is 330 g/mol. The van der Waals surface area contributed by atoms with Crippen molar-refractivity contribution < 1.29 is 4.79 Å². The smallest absolute Gasteiger partial charge is 0.167 e. The maximum absolute atomic E-state index is 12.7. The van der Waals surface area contributed by atoms with Gasteiger partial charge in [-0.15, -0.1) is 0 Å². The quantitative estimate of drug-likeness (QED) is 0.738. The fourth-order valence-corrected chi connectivity index (χ4v) is 3.68. The second-order valence-corrected chi connectivity index (χ2v) is 7.36. The molecule has 25 heavy (non-hydrogen) atoms. The van der Waals surface area contributed by atoms with Gasteiger partial charge in [0.25, 0.3) is 0 Å². The Morgan fingerprint density at radius 1 is 1.24 bits per heavy atom. The third-order valence-corrected chi connectivity index (χ3v) is 4.79. The maximum Gasteiger partial charge on any atom is 0.167 e. The van der Waals surface area contributed by atoms with Crippen LogP contribution in [0.2, 0.25) is 0 Å². The molecule has 0 unspecified atom stereocenters. The first-order valence-electron chi connectivity index (χ1n) is 8.24. The molecule has 0 spiro atoms. The number of fused-ring (bicyclic) bond motifs is 3. The molecule has 0 saturated heterocycles. The molecule has 1 aliphatic carbocycles. The second kappa shape index (κ2) is 5.18. The van der Waals surface area contributed by atoms with Gasteiger partial charge in [-0.25, -0.2) is 4.52 Å². The molecule has 1 aromatic carbocycles. The molecular weight excluding hydrogens is 312 g/mol. The highest BCUT2D eigenvalue weighted by molar-refractivity contribution is 6.06. The van der Waals surface area contributed by atoms with Crippen molar-refractivity contribution in [1.82, 2.24) is 9.61 Å². The number of nitrogens with two attached hydrogens (primary N) is 1. The van der Waals surface area contributed by atoms with E-state index in [1.807, 2.05) is 36.4 Å². The Morgan fingerprint density at radius 3 is 2.64 bits per heavy atom. The van der Waals surface area contributed by atoms with Crippen molar-refractivity contribution in [3.05, 3.63) is 53.2 Å². The number of aromatic nitrogens is 2. The van der Waals surface area contributed by atoms with E-state index in [4.69, 9.17) is 5.73 Å². The summed E-state index contributed by atoms with van der Waals surface area (Å²) in [5.74, 6) is 0.364. The summed E-state index contributed by atoms with van der Waals surface area (Å²) in [6, 6.07) is 13.7. The van der Waals surface area contributed by atoms with Crippen LogP contribution in [0.25, 0.3) is 16.6 Å². The van der Waals surface area contributed by atoms with E-state index in [0.29, 0.717) is 23.1 Å². The Balaban J connectivity index is 2.06. The predicted octanol–water partition coefficient (Wildman–Crippen LogP) is 3.61. The highest BCUT2D eigenvalue weighted by atomic mass is 16.1. The summed E-state index contributed by atoms with van der Waals surface area (Å²) in [4.78, 5) is 12.7. The van der Waals surface area contributed by atoms with E-state index in [2.05, 4.69) is 25.0 Å². The molecule has 124 valence electrons. The number of hydrogen-bond acceptors (Lipinski definition) is 4. The van der Waals surface area contributed by atoms with E-state index < -0.39 is 0 Å². The minimum atomic E-state index is -0.114. The zero-order valence-corrected chi connectivity index (χ0v) is 14.2. The molecule has 1 aliphatic rings. The molecule has 5 heteroatoms. The second-order valence-electron chi connectivity index (χ2n) is 7.36. The monoisotopic (exact) mass is 330 g/mol. The van der Waals surface area contributed by atoms with E-state index in [9.17, 15) is 10.1 Å². The lowest BCUT2D eigenvalue weighted by Gasteiger charge is -2.27. The number of carbonyl (C=O) groups is 1. The molecule has 0 atom stereocenters. The van der Waals surface area contributed by atoms with Gasteiger partial charge in [-0.3, -0.25) is 4.79 Å². The molecule has 0 aliphatic heterocycles. The number of nitrogens with zero attached hydrogens (tertiary/aromatic N) is 3. The molecule has 4 rings (SSSR count). The molecule has 2 heterocycles. The number of pyridine rings is 1. The summed E-state index contributed by atoms with van der Waals surface area (Å²) >= 11 is 0. The van der Waals surface area contributed by atoms with Gasteiger partial charge in [-0.2, -0.15) is 10.4 Å². The van der Waals surface area contributed by atoms with Crippen LogP contribution in [0.1, 0.15) is 41.9 Å². The van der Waals surface area contributed by atoms with Gasteiger partial charge in [0.15, 0.2) is 5.78 Å². The van der Waals surface area contributed by atoms with Crippen LogP contribution in [0.4, 0.5) is 5.82 Å². The zero-order chi connectivity index (χ0) is 17.8. The molecule has 0 radical (unpaired) electrons. The molecule has 0 saturated carbocycles. The first-order chi connectivity index (χ1) is 11.9. The number of rotatable bonds is 1. The van der Waals surface area contributed by atoms with Crippen LogP contribution in [-0.2, 0) is 6.42 Å². The molecule has 0 fully saturated rings. The van der Waals surface area contributed by atoms with Crippen LogP contribution in [0, 0.1) is 16.7 Å². The molecule has 0 bridgehead atoms. The van der Waals surface area contributed by atoms with Crippen molar-refractivity contribution in [3.63, 3.8) is 0 Å². The number of anilines is 1. The van der Waals surface area contributed by atoms with Gasteiger partial charge in [-0.1, -0.05) is 44.2 Å². The topological polar surface area (TPSA) is 84.2 Å². The maximum atomic E-state index is 12.7. The molecule has 0 amide bonds. The Labute approximate surface area is 145 Å². The van der Waals surface area contributed by atoms with E-state index in [-0.39, 0.29) is 17.0 Å². The zero-order valence-electron chi connectivity index (χ0n) is 14.2. The fraction of sp³-hybridized carbons (Fsp3) is 0.250. The summed E-state index contributed by atoms with van der Waals surface area (Å²) in [7, 11) is 0. The van der Waals surface area contributed by atoms with Crippen LogP contribution < -0.4 is 5.73 Å². The Morgan fingerprint density at radius 2 is 1.96 bits per heavy atom. The summed E-state index contributed by atoms with van der Waals surface area (Å²) in [6.45, 7) is 4.13. The Bertz CT molecular complexity index is 1050. The normalized spacial score (nSPS) is 15.8. The van der Waals surface area contributed by atoms with Gasteiger partial charge >= 0.3 is 0 Å². The summed E-state index contributed by atoms with van der Waals surface area (Å²) < 4.78 is 1.55. The summed E-state index contributed by atoms with van der Waals surface area (Å²) in [5, 5.41) is 14.2. The Kier molecular flexibility index (Phi) is 3.19. The highest BCUT2D eigenvalue weighted by Gasteiger charge is 2.35. The van der Waals surface area contributed by atoms with Crippen molar-refractivity contribution >= 4 is 17.1 Å². The van der Waals surface area contributed by atoms with Gasteiger partial charge in [0.1, 0.15) is 17.5 Å². The fourth-order valence-electron chi connectivity index (χ4n) is 3.68. The highest BCUT2D eigenvalue weighted by Crippen LogP contribution is 2.38. The molecular formula is C20H18N4O. The largest absolute Gasteiger partial charge is 0.383 e. The minimum Gasteiger partial charge on any atom is -0.383 e. The van der Waals surface area contributed by atoms with E-state index in [1.54, 1.807) is 4.52 Å². The van der Waals surface area contributed by atoms with Gasteiger partial charge in [0.2, 0.25) is 0 Å². The van der Waals surface area contributed by atoms with Crippen LogP contribution in [0.15, 0.2) is 36.4 Å². The van der Waals surface area contributed by atoms with Crippen LogP contribution in [0.5, 0.6) is 0 Å². The lowest BCUT2D eigenvalue weighted by atomic mass is 9.76. The van der Waals surface area contributed by atoms with Gasteiger partial charge < -0.3 is 5.73 Å². The average Bonchev–Trinajstić information content (AvgIpc) is 2.93. The van der Waals surface area contributed by atoms with Gasteiger partial charge in [0, 0.05) is 12.0 Å². The minimum absolute atomic E-state index is 0.0874. The van der Waals surface area contributed by atoms with Crippen LogP contribution in [0.3, 0.4) is 0 Å². The van der Waals surface area contributed by atoms with E-state index >= 15 is 0 Å². The first-order valence-corrected chi connectivity index (χ1v) is 8.24. The number of Topliss-reactive ketones (excluding diaryl/α,β-unsaturated/α-hetero) is 1. The number of nitrogen functional groups attached to an aromatic ring is 1. The van der Waals surface area contributed by atoms with Crippen molar-refractivity contribution in [2.75, 3.05) is 5.73 Å². The van der Waals surface area contributed by atoms with Gasteiger partial charge in [-0.05, 0) is 23.5 Å². The number of carbonyl (C=O) groups excluding carboxylic acids is 1. The summed E-state index contributed by atoms with van der Waals surface area (Å²) in [5.41, 5.74) is 10.2. The number of benzene rings is 1. The molecule has 5 nitrogen and oxygen atoms in total. The number of hydrogen-bond donors (Lipinski definition) is 1.